The van der Waals surface area contributed by atoms with Gasteiger partial charge in [0.15, 0.2) is 0 Å². The molecule has 5 heteroatoms. The van der Waals surface area contributed by atoms with Crippen LogP contribution in [0.4, 0.5) is 0 Å². The minimum atomic E-state index is -0.0491. The molecule has 2 rings (SSSR count). The number of nitrogens with zero attached hydrogens (tertiary/aromatic N) is 2. The third-order valence-corrected chi connectivity index (χ3v) is 3.30. The van der Waals surface area contributed by atoms with Crippen LogP contribution in [0.1, 0.15) is 34.6 Å². The van der Waals surface area contributed by atoms with Crippen molar-refractivity contribution in [3.8, 4) is 5.69 Å². The number of nitrogens with two attached hydrogens (primary N) is 1. The Bertz CT molecular complexity index is 601. The standard InChI is InChI=1S/C16H22N4O/c1-12-11-13(2)20(19-12)15-7-5-14(6-8-15)16(21)18-10-4-3-9-17/h5-8,11H,3-4,9-10,17H2,1-2H3,(H,18,21). The Morgan fingerprint density at radius 3 is 2.52 bits per heavy atom. The molecule has 0 aliphatic heterocycles. The Morgan fingerprint density at radius 1 is 1.24 bits per heavy atom. The number of hydrogen-bond donors (Lipinski definition) is 2. The number of aromatic nitrogens is 2. The van der Waals surface area contributed by atoms with Gasteiger partial charge in [-0.15, -0.1) is 0 Å². The Kier molecular flexibility index (Phi) is 5.11. The summed E-state index contributed by atoms with van der Waals surface area (Å²) < 4.78 is 1.87. The first-order valence-corrected chi connectivity index (χ1v) is 7.24. The van der Waals surface area contributed by atoms with Crippen molar-refractivity contribution in [1.82, 2.24) is 15.1 Å². The molecule has 0 atom stereocenters. The number of benzene rings is 1. The molecule has 112 valence electrons. The summed E-state index contributed by atoms with van der Waals surface area (Å²) in [5.41, 5.74) is 9.10. The van der Waals surface area contributed by atoms with E-state index in [0.717, 1.165) is 29.9 Å². The largest absolute Gasteiger partial charge is 0.352 e. The van der Waals surface area contributed by atoms with Crippen LogP contribution >= 0.6 is 0 Å². The molecule has 1 heterocycles. The van der Waals surface area contributed by atoms with Crippen molar-refractivity contribution in [1.29, 1.82) is 0 Å². The van der Waals surface area contributed by atoms with Gasteiger partial charge in [-0.1, -0.05) is 0 Å². The topological polar surface area (TPSA) is 72.9 Å². The van der Waals surface area contributed by atoms with Gasteiger partial charge >= 0.3 is 0 Å². The average Bonchev–Trinajstić information content (AvgIpc) is 2.82. The molecule has 0 aliphatic rings. The number of nitrogens with one attached hydrogen (secondary N) is 1. The predicted molar refractivity (Wildman–Crippen MR) is 83.7 cm³/mol. The fourth-order valence-electron chi connectivity index (χ4n) is 2.22. The van der Waals surface area contributed by atoms with E-state index in [1.54, 1.807) is 0 Å². The maximum atomic E-state index is 12.0. The Hall–Kier alpha value is -2.14. The number of rotatable bonds is 6. The molecule has 1 amide bonds. The molecule has 0 aliphatic carbocycles. The van der Waals surface area contributed by atoms with Crippen LogP contribution in [-0.4, -0.2) is 28.8 Å². The molecule has 5 nitrogen and oxygen atoms in total. The van der Waals surface area contributed by atoms with Crippen LogP contribution in [0.25, 0.3) is 5.69 Å². The number of aryl methyl sites for hydroxylation is 2. The van der Waals surface area contributed by atoms with Crippen molar-refractivity contribution in [3.05, 3.63) is 47.3 Å². The van der Waals surface area contributed by atoms with Gasteiger partial charge in [0, 0.05) is 17.8 Å². The second-order valence-corrected chi connectivity index (χ2v) is 5.14. The molecule has 0 saturated carbocycles. The highest BCUT2D eigenvalue weighted by Crippen LogP contribution is 2.13. The lowest BCUT2D eigenvalue weighted by atomic mass is 10.2. The van der Waals surface area contributed by atoms with Crippen molar-refractivity contribution in [2.45, 2.75) is 26.7 Å². The van der Waals surface area contributed by atoms with Gasteiger partial charge in [0.25, 0.3) is 5.91 Å². The summed E-state index contributed by atoms with van der Waals surface area (Å²) >= 11 is 0. The molecule has 0 saturated heterocycles. The van der Waals surface area contributed by atoms with Gasteiger partial charge in [-0.05, 0) is 63.6 Å². The molecule has 0 fully saturated rings. The second-order valence-electron chi connectivity index (χ2n) is 5.14. The third kappa shape index (κ3) is 3.92. The van der Waals surface area contributed by atoms with E-state index in [0.29, 0.717) is 18.7 Å². The van der Waals surface area contributed by atoms with E-state index >= 15 is 0 Å². The van der Waals surface area contributed by atoms with E-state index in [4.69, 9.17) is 5.73 Å². The highest BCUT2D eigenvalue weighted by atomic mass is 16.1. The summed E-state index contributed by atoms with van der Waals surface area (Å²) in [6, 6.07) is 9.49. The molecule has 3 N–H and O–H groups in total. The highest BCUT2D eigenvalue weighted by molar-refractivity contribution is 5.94. The Labute approximate surface area is 125 Å². The summed E-state index contributed by atoms with van der Waals surface area (Å²) in [6.45, 7) is 5.30. The van der Waals surface area contributed by atoms with Gasteiger partial charge in [-0.25, -0.2) is 4.68 Å². The van der Waals surface area contributed by atoms with E-state index in [1.807, 2.05) is 48.9 Å². The molecule has 2 aromatic rings. The van der Waals surface area contributed by atoms with E-state index in [9.17, 15) is 4.79 Å². The molecule has 0 unspecified atom stereocenters. The highest BCUT2D eigenvalue weighted by Gasteiger charge is 2.07. The normalized spacial score (nSPS) is 10.6. The number of unbranched alkanes of at least 4 members (excludes halogenated alkanes) is 1. The lowest BCUT2D eigenvalue weighted by molar-refractivity contribution is 0.0953. The Balaban J connectivity index is 2.02. The van der Waals surface area contributed by atoms with Gasteiger partial charge in [0.2, 0.25) is 0 Å². The number of hydrogen-bond acceptors (Lipinski definition) is 3. The minimum Gasteiger partial charge on any atom is -0.352 e. The molecule has 1 aromatic heterocycles. The number of carbonyl (C=O) groups excluding carboxylic acids is 1. The molecule has 0 radical (unpaired) electrons. The summed E-state index contributed by atoms with van der Waals surface area (Å²) in [5, 5.41) is 7.32. The summed E-state index contributed by atoms with van der Waals surface area (Å²) in [6.07, 6.45) is 1.84. The fourth-order valence-corrected chi connectivity index (χ4v) is 2.22. The number of amides is 1. The van der Waals surface area contributed by atoms with Crippen LogP contribution in [0.15, 0.2) is 30.3 Å². The van der Waals surface area contributed by atoms with Crippen molar-refractivity contribution < 1.29 is 4.79 Å². The summed E-state index contributed by atoms with van der Waals surface area (Å²) in [7, 11) is 0. The van der Waals surface area contributed by atoms with Gasteiger partial charge in [-0.2, -0.15) is 5.10 Å². The SMILES string of the molecule is Cc1cc(C)n(-c2ccc(C(=O)NCCCCN)cc2)n1. The maximum absolute atomic E-state index is 12.0. The first-order chi connectivity index (χ1) is 10.1. The van der Waals surface area contributed by atoms with Crippen molar-refractivity contribution in [2.24, 2.45) is 5.73 Å². The van der Waals surface area contributed by atoms with E-state index < -0.39 is 0 Å². The molecule has 21 heavy (non-hydrogen) atoms. The zero-order valence-electron chi connectivity index (χ0n) is 12.6. The van der Waals surface area contributed by atoms with E-state index in [1.165, 1.54) is 0 Å². The van der Waals surface area contributed by atoms with Crippen LogP contribution in [0, 0.1) is 13.8 Å². The third-order valence-electron chi connectivity index (χ3n) is 3.30. The van der Waals surface area contributed by atoms with E-state index in [-0.39, 0.29) is 5.91 Å². The summed E-state index contributed by atoms with van der Waals surface area (Å²) in [4.78, 5) is 12.0. The van der Waals surface area contributed by atoms with Crippen LogP contribution in [-0.2, 0) is 0 Å². The molecule has 1 aromatic carbocycles. The quantitative estimate of drug-likeness (QED) is 0.797. The Morgan fingerprint density at radius 2 is 1.95 bits per heavy atom. The smallest absolute Gasteiger partial charge is 0.251 e. The van der Waals surface area contributed by atoms with Crippen LogP contribution in [0.2, 0.25) is 0 Å². The van der Waals surface area contributed by atoms with Crippen molar-refractivity contribution >= 4 is 5.91 Å². The van der Waals surface area contributed by atoms with Crippen molar-refractivity contribution in [3.63, 3.8) is 0 Å². The van der Waals surface area contributed by atoms with Crippen LogP contribution in [0.5, 0.6) is 0 Å². The lowest BCUT2D eigenvalue weighted by Crippen LogP contribution is -2.24. The van der Waals surface area contributed by atoms with Crippen LogP contribution < -0.4 is 11.1 Å². The van der Waals surface area contributed by atoms with Crippen LogP contribution in [0.3, 0.4) is 0 Å². The zero-order valence-corrected chi connectivity index (χ0v) is 12.6. The molecular formula is C16H22N4O. The second kappa shape index (κ2) is 7.04. The van der Waals surface area contributed by atoms with E-state index in [2.05, 4.69) is 10.4 Å². The maximum Gasteiger partial charge on any atom is 0.251 e. The number of carbonyl (C=O) groups is 1. The molecule has 0 spiro atoms. The average molecular weight is 286 g/mol. The zero-order chi connectivity index (χ0) is 15.2. The van der Waals surface area contributed by atoms with Gasteiger partial charge < -0.3 is 11.1 Å². The molecular weight excluding hydrogens is 264 g/mol. The lowest BCUT2D eigenvalue weighted by Gasteiger charge is -2.07. The van der Waals surface area contributed by atoms with Crippen molar-refractivity contribution in [2.75, 3.05) is 13.1 Å². The van der Waals surface area contributed by atoms with Gasteiger partial charge in [0.1, 0.15) is 0 Å². The first kappa shape index (κ1) is 15.3. The van der Waals surface area contributed by atoms with Gasteiger partial charge in [-0.3, -0.25) is 4.79 Å². The minimum absolute atomic E-state index is 0.0491. The predicted octanol–water partition coefficient (Wildman–Crippen LogP) is 1.96. The fraction of sp³-hybridized carbons (Fsp3) is 0.375. The molecule has 0 bridgehead atoms. The van der Waals surface area contributed by atoms with Gasteiger partial charge in [0.05, 0.1) is 11.4 Å². The summed E-state index contributed by atoms with van der Waals surface area (Å²) in [5.74, 6) is -0.0491. The first-order valence-electron chi connectivity index (χ1n) is 7.24. The monoisotopic (exact) mass is 286 g/mol.